The highest BCUT2D eigenvalue weighted by molar-refractivity contribution is 6.31. The Bertz CT molecular complexity index is 1000. The Morgan fingerprint density at radius 2 is 1.62 bits per heavy atom. The maximum absolute atomic E-state index is 12.7. The summed E-state index contributed by atoms with van der Waals surface area (Å²) in [6.07, 6.45) is 0. The van der Waals surface area contributed by atoms with Crippen LogP contribution in [-0.4, -0.2) is 61.6 Å². The van der Waals surface area contributed by atoms with Gasteiger partial charge in [0.25, 0.3) is 0 Å². The molecule has 4 rings (SSSR count). The molecule has 0 aliphatic carbocycles. The van der Waals surface area contributed by atoms with Crippen LogP contribution in [0.1, 0.15) is 17.2 Å². The average Bonchev–Trinajstić information content (AvgIpc) is 2.80. The third kappa shape index (κ3) is 5.12. The van der Waals surface area contributed by atoms with Crippen LogP contribution in [0.5, 0.6) is 0 Å². The van der Waals surface area contributed by atoms with E-state index in [0.717, 1.165) is 32.7 Å². The number of nitrogens with zero attached hydrogens (tertiary/aromatic N) is 2. The molecule has 2 aromatic carbocycles. The van der Waals surface area contributed by atoms with Gasteiger partial charge in [0.15, 0.2) is 0 Å². The molecule has 2 heterocycles. The van der Waals surface area contributed by atoms with E-state index in [1.54, 1.807) is 6.07 Å². The summed E-state index contributed by atoms with van der Waals surface area (Å²) in [5.74, 6) is -0.486. The third-order valence-electron chi connectivity index (χ3n) is 5.87. The number of carbonyl (C=O) groups is 2. The maximum atomic E-state index is 12.7. The van der Waals surface area contributed by atoms with Gasteiger partial charge in [-0.25, -0.2) is 9.59 Å². The molecule has 2 aliphatic heterocycles. The molecule has 168 valence electrons. The zero-order valence-electron chi connectivity index (χ0n) is 18.0. The number of carbonyl (C=O) groups excluding carboxylic acids is 2. The van der Waals surface area contributed by atoms with E-state index in [4.69, 9.17) is 16.3 Å². The number of esters is 1. The zero-order valence-corrected chi connectivity index (χ0v) is 18.8. The Kier molecular flexibility index (Phi) is 7.09. The predicted molar refractivity (Wildman–Crippen MR) is 123 cm³/mol. The van der Waals surface area contributed by atoms with Crippen molar-refractivity contribution in [3.05, 3.63) is 82.0 Å². The lowest BCUT2D eigenvalue weighted by Gasteiger charge is -2.37. The highest BCUT2D eigenvalue weighted by Crippen LogP contribution is 2.32. The molecule has 2 N–H and O–H groups in total. The number of piperazine rings is 1. The Labute approximate surface area is 193 Å². The van der Waals surface area contributed by atoms with E-state index in [2.05, 4.69) is 44.7 Å². The SMILES string of the molecule is COC(=O)C1=C(CN2CCN(Cc3ccccc3)CC2)NC(=O)N[C@@H]1c1ccccc1Cl. The van der Waals surface area contributed by atoms with Crippen molar-refractivity contribution in [3.63, 3.8) is 0 Å². The monoisotopic (exact) mass is 454 g/mol. The number of rotatable bonds is 6. The predicted octanol–water partition coefficient (Wildman–Crippen LogP) is 2.94. The number of hydrogen-bond acceptors (Lipinski definition) is 5. The summed E-state index contributed by atoms with van der Waals surface area (Å²) in [6, 6.07) is 16.6. The molecule has 0 radical (unpaired) electrons. The largest absolute Gasteiger partial charge is 0.466 e. The molecule has 0 bridgehead atoms. The van der Waals surface area contributed by atoms with Gasteiger partial charge in [0.1, 0.15) is 0 Å². The lowest BCUT2D eigenvalue weighted by molar-refractivity contribution is -0.136. The summed E-state index contributed by atoms with van der Waals surface area (Å²) in [6.45, 7) is 4.87. The molecule has 0 aromatic heterocycles. The van der Waals surface area contributed by atoms with Crippen molar-refractivity contribution in [1.82, 2.24) is 20.4 Å². The Hall–Kier alpha value is -2.87. The molecule has 32 heavy (non-hydrogen) atoms. The molecular weight excluding hydrogens is 428 g/mol. The second-order valence-corrected chi connectivity index (χ2v) is 8.38. The fraction of sp³-hybridized carbons (Fsp3) is 0.333. The number of nitrogens with one attached hydrogen (secondary N) is 2. The first-order chi connectivity index (χ1) is 15.5. The van der Waals surface area contributed by atoms with Gasteiger partial charge in [-0.15, -0.1) is 0 Å². The molecule has 1 fully saturated rings. The van der Waals surface area contributed by atoms with Crippen LogP contribution in [0.2, 0.25) is 5.02 Å². The topological polar surface area (TPSA) is 73.9 Å². The summed E-state index contributed by atoms with van der Waals surface area (Å²) >= 11 is 6.38. The lowest BCUT2D eigenvalue weighted by atomic mass is 9.95. The number of benzene rings is 2. The van der Waals surface area contributed by atoms with Gasteiger partial charge in [0, 0.05) is 50.0 Å². The fourth-order valence-electron chi connectivity index (χ4n) is 4.21. The molecule has 8 heteroatoms. The first kappa shape index (κ1) is 22.3. The van der Waals surface area contributed by atoms with Crippen molar-refractivity contribution in [2.24, 2.45) is 0 Å². The smallest absolute Gasteiger partial charge is 0.338 e. The van der Waals surface area contributed by atoms with E-state index in [9.17, 15) is 9.59 Å². The quantitative estimate of drug-likeness (QED) is 0.656. The average molecular weight is 455 g/mol. The number of methoxy groups -OCH3 is 1. The molecular formula is C24H27ClN4O3. The van der Waals surface area contributed by atoms with Gasteiger partial charge in [-0.05, 0) is 17.2 Å². The van der Waals surface area contributed by atoms with E-state index < -0.39 is 12.0 Å². The van der Waals surface area contributed by atoms with Crippen molar-refractivity contribution < 1.29 is 14.3 Å². The molecule has 1 saturated heterocycles. The Morgan fingerprint density at radius 3 is 2.28 bits per heavy atom. The van der Waals surface area contributed by atoms with Crippen LogP contribution in [0.25, 0.3) is 0 Å². The van der Waals surface area contributed by atoms with Gasteiger partial charge in [-0.3, -0.25) is 9.80 Å². The van der Waals surface area contributed by atoms with Crippen LogP contribution < -0.4 is 10.6 Å². The van der Waals surface area contributed by atoms with Crippen LogP contribution in [0.15, 0.2) is 65.9 Å². The van der Waals surface area contributed by atoms with E-state index >= 15 is 0 Å². The van der Waals surface area contributed by atoms with Crippen molar-refractivity contribution in [2.75, 3.05) is 39.8 Å². The normalized spacial score (nSPS) is 19.9. The first-order valence-electron chi connectivity index (χ1n) is 10.7. The van der Waals surface area contributed by atoms with Crippen LogP contribution in [-0.2, 0) is 16.1 Å². The van der Waals surface area contributed by atoms with E-state index in [1.807, 2.05) is 24.3 Å². The van der Waals surface area contributed by atoms with Crippen LogP contribution >= 0.6 is 11.6 Å². The van der Waals surface area contributed by atoms with Crippen LogP contribution in [0.4, 0.5) is 4.79 Å². The first-order valence-corrected chi connectivity index (χ1v) is 11.0. The maximum Gasteiger partial charge on any atom is 0.338 e. The molecule has 0 unspecified atom stereocenters. The van der Waals surface area contributed by atoms with Crippen molar-refractivity contribution in [3.8, 4) is 0 Å². The summed E-state index contributed by atoms with van der Waals surface area (Å²) < 4.78 is 5.06. The van der Waals surface area contributed by atoms with Gasteiger partial charge in [0.05, 0.1) is 18.7 Å². The van der Waals surface area contributed by atoms with Gasteiger partial charge in [0.2, 0.25) is 0 Å². The Morgan fingerprint density at radius 1 is 1.00 bits per heavy atom. The molecule has 0 spiro atoms. The Balaban J connectivity index is 1.51. The summed E-state index contributed by atoms with van der Waals surface area (Å²) in [5.41, 5.74) is 2.90. The number of amides is 2. The number of urea groups is 1. The minimum atomic E-state index is -0.667. The summed E-state index contributed by atoms with van der Waals surface area (Å²) in [4.78, 5) is 29.8. The molecule has 2 aromatic rings. The minimum Gasteiger partial charge on any atom is -0.466 e. The van der Waals surface area contributed by atoms with Gasteiger partial charge < -0.3 is 15.4 Å². The van der Waals surface area contributed by atoms with Crippen molar-refractivity contribution >= 4 is 23.6 Å². The summed E-state index contributed by atoms with van der Waals surface area (Å²) in [7, 11) is 1.34. The lowest BCUT2D eigenvalue weighted by Crippen LogP contribution is -2.51. The molecule has 7 nitrogen and oxygen atoms in total. The number of hydrogen-bond donors (Lipinski definition) is 2. The standard InChI is InChI=1S/C24H27ClN4O3/c1-32-23(30)21-20(26-24(31)27-22(21)18-9-5-6-10-19(18)25)16-29-13-11-28(12-14-29)15-17-7-3-2-4-8-17/h2-10,22H,11-16H2,1H3,(H2,26,27,31)/t22-/m1/s1. The zero-order chi connectivity index (χ0) is 22.5. The molecule has 1 atom stereocenters. The van der Waals surface area contributed by atoms with E-state index in [-0.39, 0.29) is 6.03 Å². The number of halogens is 1. The van der Waals surface area contributed by atoms with E-state index in [1.165, 1.54) is 12.7 Å². The summed E-state index contributed by atoms with van der Waals surface area (Å²) in [5, 5.41) is 6.13. The highest BCUT2D eigenvalue weighted by Gasteiger charge is 2.35. The molecule has 0 saturated carbocycles. The number of ether oxygens (including phenoxy) is 1. The van der Waals surface area contributed by atoms with Crippen molar-refractivity contribution in [2.45, 2.75) is 12.6 Å². The highest BCUT2D eigenvalue weighted by atomic mass is 35.5. The van der Waals surface area contributed by atoms with Gasteiger partial charge in [-0.2, -0.15) is 0 Å². The van der Waals surface area contributed by atoms with Gasteiger partial charge in [-0.1, -0.05) is 60.1 Å². The van der Waals surface area contributed by atoms with Gasteiger partial charge >= 0.3 is 12.0 Å². The second-order valence-electron chi connectivity index (χ2n) is 7.97. The second kappa shape index (κ2) is 10.2. The van der Waals surface area contributed by atoms with Crippen LogP contribution in [0, 0.1) is 0 Å². The molecule has 2 amide bonds. The minimum absolute atomic E-state index is 0.361. The van der Waals surface area contributed by atoms with E-state index in [0.29, 0.717) is 28.4 Å². The molecule has 2 aliphatic rings. The van der Waals surface area contributed by atoms with Crippen molar-refractivity contribution in [1.29, 1.82) is 0 Å². The third-order valence-corrected chi connectivity index (χ3v) is 6.22. The van der Waals surface area contributed by atoms with Crippen LogP contribution in [0.3, 0.4) is 0 Å². The fourth-order valence-corrected chi connectivity index (χ4v) is 4.45.